The smallest absolute Gasteiger partial charge is 0.383 e. The Kier molecular flexibility index (Phi) is 7.65. The van der Waals surface area contributed by atoms with Crippen molar-refractivity contribution in [3.63, 3.8) is 0 Å². The highest BCUT2D eigenvalue weighted by Gasteiger charge is 2.30. The first-order chi connectivity index (χ1) is 19.2. The number of carbonyl (C=O) groups is 2. The number of anilines is 3. The summed E-state index contributed by atoms with van der Waals surface area (Å²) in [5, 5.41) is 15.3. The molecule has 8 nitrogen and oxygen atoms in total. The van der Waals surface area contributed by atoms with Gasteiger partial charge in [0.15, 0.2) is 0 Å². The van der Waals surface area contributed by atoms with E-state index in [1.54, 1.807) is 36.7 Å². The number of hydrogen-bond donors (Lipinski definition) is 3. The van der Waals surface area contributed by atoms with E-state index in [0.29, 0.717) is 39.6 Å². The first-order valence-electron chi connectivity index (χ1n) is 12.7. The number of aromatic nitrogens is 2. The second-order valence-corrected chi connectivity index (χ2v) is 9.51. The number of hydrogen-bond acceptors (Lipinski definition) is 6. The molecule has 1 fully saturated rings. The Labute approximate surface area is 228 Å². The lowest BCUT2D eigenvalue weighted by Crippen LogP contribution is -2.34. The molecule has 1 saturated heterocycles. The summed E-state index contributed by atoms with van der Waals surface area (Å²) in [6.07, 6.45) is 4.13. The Balaban J connectivity index is 1.39. The molecule has 0 saturated carbocycles. The molecule has 2 aliphatic rings. The largest absolute Gasteiger partial charge is 0.416 e. The molecule has 3 N–H and O–H groups in total. The van der Waals surface area contributed by atoms with Crippen molar-refractivity contribution in [1.29, 1.82) is 0 Å². The van der Waals surface area contributed by atoms with E-state index in [1.165, 1.54) is 24.3 Å². The highest BCUT2D eigenvalue weighted by molar-refractivity contribution is 6.03. The van der Waals surface area contributed by atoms with Gasteiger partial charge >= 0.3 is 6.18 Å². The van der Waals surface area contributed by atoms with Crippen molar-refractivity contribution < 1.29 is 27.9 Å². The zero-order valence-electron chi connectivity index (χ0n) is 21.3. The van der Waals surface area contributed by atoms with Crippen molar-refractivity contribution in [3.05, 3.63) is 95.3 Å². The average molecular weight is 550 g/mol. The molecule has 0 spiro atoms. The molecular weight excluding hydrogens is 523 g/mol. The minimum absolute atomic E-state index is 0.0622. The number of halogens is 3. The van der Waals surface area contributed by atoms with E-state index >= 15 is 0 Å². The van der Waals surface area contributed by atoms with Crippen LogP contribution in [0.4, 0.5) is 30.5 Å². The van der Waals surface area contributed by atoms with Crippen LogP contribution in [-0.2, 0) is 22.2 Å². The van der Waals surface area contributed by atoms with Gasteiger partial charge in [0.1, 0.15) is 6.10 Å². The third-order valence-corrected chi connectivity index (χ3v) is 6.76. The summed E-state index contributed by atoms with van der Waals surface area (Å²) >= 11 is 0. The fourth-order valence-corrected chi connectivity index (χ4v) is 4.69. The van der Waals surface area contributed by atoms with E-state index in [1.807, 2.05) is 0 Å². The number of fused-ring (bicyclic) bond motifs is 1. The number of allylic oxidation sites excluding steroid dienone is 2. The van der Waals surface area contributed by atoms with Crippen molar-refractivity contribution >= 4 is 34.7 Å². The first kappa shape index (κ1) is 27.1. The normalized spacial score (nSPS) is 17.6. The van der Waals surface area contributed by atoms with Crippen LogP contribution in [0.3, 0.4) is 0 Å². The Morgan fingerprint density at radius 2 is 1.75 bits per heavy atom. The Bertz CT molecular complexity index is 1460. The first-order valence-corrected chi connectivity index (χ1v) is 12.7. The Hall–Kier alpha value is -4.51. The number of benzene rings is 2. The molecule has 0 bridgehead atoms. The lowest BCUT2D eigenvalue weighted by molar-refractivity contribution is -0.137. The van der Waals surface area contributed by atoms with Crippen molar-refractivity contribution in [2.75, 3.05) is 28.6 Å². The lowest BCUT2D eigenvalue weighted by atomic mass is 9.98. The van der Waals surface area contributed by atoms with Crippen LogP contribution in [0.1, 0.15) is 35.1 Å². The zero-order valence-corrected chi connectivity index (χ0v) is 21.3. The van der Waals surface area contributed by atoms with E-state index in [0.717, 1.165) is 38.1 Å². The predicted octanol–water partition coefficient (Wildman–Crippen LogP) is 4.58. The molecule has 2 aromatic carbocycles. The number of rotatable bonds is 6. The van der Waals surface area contributed by atoms with Crippen LogP contribution in [0.5, 0.6) is 0 Å². The third-order valence-electron chi connectivity index (χ3n) is 6.76. The van der Waals surface area contributed by atoms with Gasteiger partial charge in [0.2, 0.25) is 11.9 Å². The van der Waals surface area contributed by atoms with Crippen molar-refractivity contribution in [2.45, 2.75) is 31.5 Å². The molecule has 5 rings (SSSR count). The molecule has 1 atom stereocenters. The molecule has 1 unspecified atom stereocenters. The summed E-state index contributed by atoms with van der Waals surface area (Å²) in [4.78, 5) is 35.4. The minimum Gasteiger partial charge on any atom is -0.383 e. The van der Waals surface area contributed by atoms with Crippen molar-refractivity contribution in [1.82, 2.24) is 9.97 Å². The van der Waals surface area contributed by atoms with Crippen LogP contribution < -0.4 is 15.5 Å². The standard InChI is InChI=1S/C29H26F3N5O3/c30-29(31,32)20-11-9-18(10-12-20)21(19-16-33-28(34-17-19)37-13-1-2-14-37)5-3-8-26(39)35-23-6-4-7-24-22(23)15-25(38)27(40)36-24/h3-12,16-17,25,38H,1-2,13-15H2,(H,35,39)(H,36,40)/b8-3+,21-5-. The molecule has 2 aliphatic heterocycles. The van der Waals surface area contributed by atoms with Crippen molar-refractivity contribution in [3.8, 4) is 0 Å². The summed E-state index contributed by atoms with van der Waals surface area (Å²) in [6, 6.07) is 9.76. The number of aliphatic hydroxyl groups is 1. The maximum absolute atomic E-state index is 13.1. The van der Waals surface area contributed by atoms with E-state index < -0.39 is 29.7 Å². The van der Waals surface area contributed by atoms with E-state index in [2.05, 4.69) is 25.5 Å². The molecule has 3 heterocycles. The third kappa shape index (κ3) is 6.04. The van der Waals surface area contributed by atoms with Gasteiger partial charge in [-0.05, 0) is 48.2 Å². The number of alkyl halides is 3. The molecule has 11 heteroatoms. The molecule has 1 aromatic heterocycles. The van der Waals surface area contributed by atoms with Gasteiger partial charge in [0, 0.05) is 60.5 Å². The minimum atomic E-state index is -4.46. The number of amides is 2. The van der Waals surface area contributed by atoms with E-state index in [4.69, 9.17) is 0 Å². The second kappa shape index (κ2) is 11.3. The van der Waals surface area contributed by atoms with Crippen LogP contribution in [0, 0.1) is 0 Å². The van der Waals surface area contributed by atoms with Crippen LogP contribution in [0.15, 0.2) is 73.1 Å². The molecule has 206 valence electrons. The summed E-state index contributed by atoms with van der Waals surface area (Å²) in [6.45, 7) is 1.74. The number of nitrogens with one attached hydrogen (secondary N) is 2. The van der Waals surface area contributed by atoms with Gasteiger partial charge in [-0.1, -0.05) is 30.4 Å². The summed E-state index contributed by atoms with van der Waals surface area (Å²) in [5.41, 5.74) is 2.41. The molecule has 2 amide bonds. The Morgan fingerprint density at radius 3 is 2.42 bits per heavy atom. The number of aliphatic hydroxyl groups excluding tert-OH is 1. The number of nitrogens with zero attached hydrogens (tertiary/aromatic N) is 3. The van der Waals surface area contributed by atoms with Gasteiger partial charge in [-0.15, -0.1) is 0 Å². The maximum Gasteiger partial charge on any atom is 0.416 e. The number of carbonyl (C=O) groups excluding carboxylic acids is 2. The summed E-state index contributed by atoms with van der Waals surface area (Å²) in [5.74, 6) is -0.381. The van der Waals surface area contributed by atoms with Crippen LogP contribution >= 0.6 is 0 Å². The zero-order chi connectivity index (χ0) is 28.3. The van der Waals surface area contributed by atoms with Gasteiger partial charge in [-0.2, -0.15) is 13.2 Å². The van der Waals surface area contributed by atoms with Crippen molar-refractivity contribution in [2.24, 2.45) is 0 Å². The molecule has 0 aliphatic carbocycles. The molecular formula is C29H26F3N5O3. The second-order valence-electron chi connectivity index (χ2n) is 9.51. The van der Waals surface area contributed by atoms with Gasteiger partial charge < -0.3 is 20.6 Å². The predicted molar refractivity (Wildman–Crippen MR) is 145 cm³/mol. The summed E-state index contributed by atoms with van der Waals surface area (Å²) in [7, 11) is 0. The van der Waals surface area contributed by atoms with E-state index in [9.17, 15) is 27.9 Å². The highest BCUT2D eigenvalue weighted by atomic mass is 19.4. The fourth-order valence-electron chi connectivity index (χ4n) is 4.69. The quantitative estimate of drug-likeness (QED) is 0.307. The van der Waals surface area contributed by atoms with Crippen LogP contribution in [0.2, 0.25) is 0 Å². The molecule has 0 radical (unpaired) electrons. The fraction of sp³-hybridized carbons (Fsp3) is 0.241. The van der Waals surface area contributed by atoms with Crippen LogP contribution in [0.25, 0.3) is 5.57 Å². The molecule has 40 heavy (non-hydrogen) atoms. The SMILES string of the molecule is O=C(/C=C/C=C(/c1ccc(C(F)(F)F)cc1)c1cnc(N2CCCC2)nc1)Nc1cccc2c1CC(O)C(=O)N2. The lowest BCUT2D eigenvalue weighted by Gasteiger charge is -2.23. The molecule has 3 aromatic rings. The van der Waals surface area contributed by atoms with Gasteiger partial charge in [0.05, 0.1) is 5.56 Å². The van der Waals surface area contributed by atoms with Gasteiger partial charge in [-0.25, -0.2) is 9.97 Å². The summed E-state index contributed by atoms with van der Waals surface area (Å²) < 4.78 is 39.4. The monoisotopic (exact) mass is 549 g/mol. The Morgan fingerprint density at radius 1 is 1.05 bits per heavy atom. The average Bonchev–Trinajstić information content (AvgIpc) is 3.47. The van der Waals surface area contributed by atoms with Gasteiger partial charge in [-0.3, -0.25) is 9.59 Å². The van der Waals surface area contributed by atoms with Crippen LogP contribution in [-0.4, -0.2) is 46.1 Å². The maximum atomic E-state index is 13.1. The van der Waals surface area contributed by atoms with Gasteiger partial charge in [0.25, 0.3) is 5.91 Å². The van der Waals surface area contributed by atoms with E-state index in [-0.39, 0.29) is 6.42 Å². The topological polar surface area (TPSA) is 107 Å². The highest BCUT2D eigenvalue weighted by Crippen LogP contribution is 2.32.